The zero-order valence-corrected chi connectivity index (χ0v) is 64.3. The van der Waals surface area contributed by atoms with Gasteiger partial charge >= 0.3 is 0 Å². The largest absolute Gasteiger partial charge is 0.508 e. The van der Waals surface area contributed by atoms with Gasteiger partial charge in [0, 0.05) is 34.9 Å². The zero-order chi connectivity index (χ0) is 83.1. The number of aryl methyl sites for hydroxylation is 2. The summed E-state index contributed by atoms with van der Waals surface area (Å²) in [5.74, 6) is -13.8. The number of phenolic OH excluding ortho intramolecular Hbond substituents is 3. The first-order valence-electron chi connectivity index (χ1n) is 37.3. The lowest BCUT2D eigenvalue weighted by Gasteiger charge is -2.47. The fourth-order valence-electron chi connectivity index (χ4n) is 14.7. The van der Waals surface area contributed by atoms with Gasteiger partial charge in [-0.15, -0.1) is 0 Å². The number of hydrogen-bond acceptors (Lipinski definition) is 28. The first kappa shape index (κ1) is 84.8. The molecular formula is C79H98N8O27. The third-order valence-corrected chi connectivity index (χ3v) is 21.4. The van der Waals surface area contributed by atoms with Crippen LogP contribution in [0.2, 0.25) is 0 Å². The van der Waals surface area contributed by atoms with E-state index in [9.17, 15) is 70.6 Å². The topological polar surface area (TPSA) is 534 Å². The standard InChI is InChI=1S/C79H98N8O27/c1-12-41-25-47(92)35(8)77(107-41)113-69-53(28-88)111-79(67(100)64(69)97)114-70-54(29-89)110-78(66(99)65(70)98)112-68-51-23-40-24-52(68)109-50-18-15-39(21-32(50)5)63(96)61(86-72(102)45(87(10)11)19-30(2)3)76(106)81-44(27-55(80)94)71(101)84-60(40)75(105)85-59-38-13-16-46(91)42(22-38)56-43(26-48(93)34(7)62(56)95)58(36(9)90)83-73(103)57(82-74(59)104)33(6)37-14-17-49(108-51)31(4)20-37/h13-18,20-26,30,33,35,44-45,47,53-54,57-61,63-67,69-70,77-79,88-89,91-93,95-100H,12,19,27-29H2,1-11H3,(H2,80,94)(H,81,106)(H,82,104)(H,83,103)(H,84,101)(H,85,105)(H,86,102). The number of ketones is 1. The van der Waals surface area contributed by atoms with Crippen LogP contribution in [0, 0.1) is 32.6 Å². The molecule has 8 heterocycles. The predicted octanol–water partition coefficient (Wildman–Crippen LogP) is 0.900. The monoisotopic (exact) mass is 1590 g/mol. The van der Waals surface area contributed by atoms with Gasteiger partial charge < -0.3 is 132 Å². The number of likely N-dealkylation sites (N-methyl/N-ethyl adjacent to an activating group) is 1. The van der Waals surface area contributed by atoms with Crippen molar-refractivity contribution in [1.82, 2.24) is 36.8 Å². The van der Waals surface area contributed by atoms with Gasteiger partial charge in [0.25, 0.3) is 0 Å². The highest BCUT2D eigenvalue weighted by atomic mass is 16.8. The molecule has 0 spiro atoms. The Balaban J connectivity index is 1.08. The highest BCUT2D eigenvalue weighted by Crippen LogP contribution is 2.50. The van der Waals surface area contributed by atoms with Crippen LogP contribution in [0.3, 0.4) is 0 Å². The second kappa shape index (κ2) is 34.9. The Bertz CT molecular complexity index is 4540. The van der Waals surface area contributed by atoms with Crippen molar-refractivity contribution in [2.45, 2.75) is 210 Å². The number of aromatic hydroxyl groups is 3. The number of benzene rings is 5. The number of nitrogens with two attached hydrogens (primary N) is 1. The number of primary amides is 1. The van der Waals surface area contributed by atoms with Crippen molar-refractivity contribution in [3.05, 3.63) is 129 Å². The van der Waals surface area contributed by atoms with Crippen LogP contribution in [0.1, 0.15) is 135 Å². The number of nitrogens with zero attached hydrogens (tertiary/aromatic N) is 1. The normalized spacial score (nSPS) is 30.2. The van der Waals surface area contributed by atoms with Gasteiger partial charge in [-0.05, 0) is 148 Å². The van der Waals surface area contributed by atoms with E-state index in [0.717, 1.165) is 31.2 Å². The van der Waals surface area contributed by atoms with Crippen LogP contribution in [0.15, 0.2) is 84.6 Å². The molecule has 616 valence electrons. The minimum absolute atomic E-state index is 0.0205. The molecule has 35 heteroatoms. The van der Waals surface area contributed by atoms with Crippen LogP contribution in [0.5, 0.6) is 46.0 Å². The molecule has 7 amide bonds. The number of aliphatic hydroxyl groups is 8. The van der Waals surface area contributed by atoms with Crippen molar-refractivity contribution >= 4 is 47.1 Å². The Hall–Kier alpha value is -10.1. The summed E-state index contributed by atoms with van der Waals surface area (Å²) in [5, 5.41) is 144. The Kier molecular flexibility index (Phi) is 26.0. The SMILES string of the molecule is CCC1=CC(O)C(C)C(OC2C(CO)OC(OC3C(CO)OC(Oc4c5cc6cc4Oc4ccc(cc4C)C(O)C(NC(=O)C(CC(C)C)N(C)C)C(=O)NC(CC(N)=O)C(=O)NC6C(=O)NC4C(=O)NC(C(=O)NC(C(C)=O)c6cc(O)c(C)c(O)c6-c6cc4ccc6O)C(C)c4ccc(c(C)c4)O5)C(O)C3O)C(O)C2O)O1. The number of aliphatic hydroxyl groups excluding tert-OH is 8. The zero-order valence-electron chi connectivity index (χ0n) is 64.3. The lowest BCUT2D eigenvalue weighted by Crippen LogP contribution is -2.65. The number of carbonyl (C=O) groups is 8. The molecule has 22 atom stereocenters. The molecular weight excluding hydrogens is 1490 g/mol. The summed E-state index contributed by atoms with van der Waals surface area (Å²) in [7, 11) is 3.25. The average molecular weight is 1590 g/mol. The third kappa shape index (κ3) is 17.6. The minimum atomic E-state index is -2.28. The van der Waals surface area contributed by atoms with Crippen LogP contribution in [-0.2, 0) is 62.0 Å². The molecule has 114 heavy (non-hydrogen) atoms. The van der Waals surface area contributed by atoms with Crippen LogP contribution >= 0.6 is 0 Å². The Labute approximate surface area is 654 Å². The maximum absolute atomic E-state index is 16.2. The van der Waals surface area contributed by atoms with Gasteiger partial charge in [-0.25, -0.2) is 0 Å². The number of ether oxygens (including phenoxy) is 8. The summed E-state index contributed by atoms with van der Waals surface area (Å²) in [5.41, 5.74) is 5.04. The molecule has 35 nitrogen and oxygen atoms in total. The fraction of sp³-hybridized carbons (Fsp3) is 0.494. The minimum Gasteiger partial charge on any atom is -0.508 e. The quantitative estimate of drug-likeness (QED) is 0.0615. The van der Waals surface area contributed by atoms with Crippen LogP contribution < -0.4 is 51.8 Å². The Morgan fingerprint density at radius 3 is 1.77 bits per heavy atom. The first-order chi connectivity index (χ1) is 53.9. The van der Waals surface area contributed by atoms with E-state index >= 15 is 24.0 Å². The molecule has 2 fully saturated rings. The van der Waals surface area contributed by atoms with Gasteiger partial charge in [0.05, 0.1) is 37.5 Å². The van der Waals surface area contributed by atoms with Crippen molar-refractivity contribution < 1.29 is 132 Å². The summed E-state index contributed by atoms with van der Waals surface area (Å²) in [4.78, 5) is 121. The number of rotatable bonds is 17. The molecule has 11 bridgehead atoms. The number of hydrogen-bond donors (Lipinski definition) is 18. The maximum Gasteiger partial charge on any atom is 0.248 e. The second-order valence-corrected chi connectivity index (χ2v) is 30.2. The van der Waals surface area contributed by atoms with Crippen LogP contribution in [-0.4, -0.2) is 233 Å². The summed E-state index contributed by atoms with van der Waals surface area (Å²) in [6.07, 6.45) is -22.3. The molecule has 2 saturated heterocycles. The van der Waals surface area contributed by atoms with Crippen molar-refractivity contribution in [2.24, 2.45) is 17.6 Å². The molecule has 0 saturated carbocycles. The van der Waals surface area contributed by atoms with E-state index < -0.39 is 235 Å². The Morgan fingerprint density at radius 1 is 0.632 bits per heavy atom. The van der Waals surface area contributed by atoms with E-state index in [0.29, 0.717) is 17.7 Å². The predicted molar refractivity (Wildman–Crippen MR) is 398 cm³/mol. The highest BCUT2D eigenvalue weighted by Gasteiger charge is 2.54. The molecule has 0 aliphatic carbocycles. The molecule has 0 radical (unpaired) electrons. The van der Waals surface area contributed by atoms with E-state index in [1.54, 1.807) is 52.8 Å². The molecule has 5 aromatic rings. The lowest BCUT2D eigenvalue weighted by molar-refractivity contribution is -0.364. The van der Waals surface area contributed by atoms with E-state index in [1.807, 2.05) is 13.8 Å². The van der Waals surface area contributed by atoms with Crippen molar-refractivity contribution in [2.75, 3.05) is 27.3 Å². The third-order valence-electron chi connectivity index (χ3n) is 21.4. The average Bonchev–Trinajstić information content (AvgIpc) is 0.723. The summed E-state index contributed by atoms with van der Waals surface area (Å²) >= 11 is 0. The van der Waals surface area contributed by atoms with Crippen LogP contribution in [0.25, 0.3) is 11.1 Å². The summed E-state index contributed by atoms with van der Waals surface area (Å²) in [6, 6.07) is 2.72. The van der Waals surface area contributed by atoms with E-state index in [2.05, 4.69) is 31.9 Å². The molecule has 5 aromatic carbocycles. The van der Waals surface area contributed by atoms with E-state index in [-0.39, 0.29) is 73.9 Å². The molecule has 22 unspecified atom stereocenters. The van der Waals surface area contributed by atoms with Crippen molar-refractivity contribution in [3.8, 4) is 57.1 Å². The van der Waals surface area contributed by atoms with Gasteiger partial charge in [-0.1, -0.05) is 58.9 Å². The number of amides is 7. The maximum atomic E-state index is 16.2. The number of fused-ring (bicyclic) bond motifs is 15. The molecule has 13 rings (SSSR count). The fourth-order valence-corrected chi connectivity index (χ4v) is 14.7. The van der Waals surface area contributed by atoms with Gasteiger partial charge in [-0.3, -0.25) is 43.3 Å². The summed E-state index contributed by atoms with van der Waals surface area (Å²) < 4.78 is 50.5. The number of nitrogens with one attached hydrogen (secondary N) is 6. The van der Waals surface area contributed by atoms with Crippen LogP contribution in [0.4, 0.5) is 0 Å². The highest BCUT2D eigenvalue weighted by molar-refractivity contribution is 6.01. The van der Waals surface area contributed by atoms with Gasteiger partial charge in [-0.2, -0.15) is 0 Å². The smallest absolute Gasteiger partial charge is 0.248 e. The van der Waals surface area contributed by atoms with Gasteiger partial charge in [0.1, 0.15) is 120 Å². The number of allylic oxidation sites excluding steroid dienone is 1. The van der Waals surface area contributed by atoms with Gasteiger partial charge in [0.15, 0.2) is 23.6 Å². The lowest BCUT2D eigenvalue weighted by atomic mass is 9.86. The van der Waals surface area contributed by atoms with Gasteiger partial charge in [0.2, 0.25) is 59.7 Å². The summed E-state index contributed by atoms with van der Waals surface area (Å²) in [6.45, 7) is 12.3. The Morgan fingerprint density at radius 2 is 1.19 bits per heavy atom. The number of Topliss-reactive ketones (excluding diaryl/α,β-unsaturated/α-hetero) is 1. The molecule has 8 aliphatic rings. The first-order valence-corrected chi connectivity index (χ1v) is 37.3. The molecule has 19 N–H and O–H groups in total. The number of carbonyl (C=O) groups excluding carboxylic acids is 8. The molecule has 0 aromatic heterocycles. The van der Waals surface area contributed by atoms with E-state index in [1.165, 1.54) is 62.4 Å². The van der Waals surface area contributed by atoms with E-state index in [4.69, 9.17) is 43.6 Å². The van der Waals surface area contributed by atoms with Crippen molar-refractivity contribution in [1.29, 1.82) is 0 Å². The molecule has 8 aliphatic heterocycles. The number of phenols is 3. The second-order valence-electron chi connectivity index (χ2n) is 30.2. The van der Waals surface area contributed by atoms with Crippen molar-refractivity contribution in [3.63, 3.8) is 0 Å².